The fourth-order valence-corrected chi connectivity index (χ4v) is 1.94. The van der Waals surface area contributed by atoms with Crippen molar-refractivity contribution in [1.82, 2.24) is 5.32 Å². The molecule has 1 unspecified atom stereocenters. The normalized spacial score (nSPS) is 18.3. The van der Waals surface area contributed by atoms with Gasteiger partial charge in [0, 0.05) is 13.2 Å². The first-order chi connectivity index (χ1) is 9.25. The minimum Gasteiger partial charge on any atom is -0.490 e. The molecule has 104 valence electrons. The molecule has 1 saturated heterocycles. The van der Waals surface area contributed by atoms with Crippen LogP contribution in [0.2, 0.25) is 0 Å². The number of benzene rings is 1. The molecule has 1 aliphatic heterocycles. The fraction of sp³-hybridized carbons (Fsp3) is 0.500. The second-order valence-corrected chi connectivity index (χ2v) is 4.47. The molecule has 2 rings (SSSR count). The van der Waals surface area contributed by atoms with E-state index < -0.39 is 5.82 Å². The van der Waals surface area contributed by atoms with Gasteiger partial charge in [0.25, 0.3) is 0 Å². The first kappa shape index (κ1) is 13.8. The molecule has 1 aromatic rings. The summed E-state index contributed by atoms with van der Waals surface area (Å²) in [5.74, 6) is -0.344. The van der Waals surface area contributed by atoms with Gasteiger partial charge in [-0.25, -0.2) is 4.39 Å². The Morgan fingerprint density at radius 3 is 3.05 bits per heavy atom. The van der Waals surface area contributed by atoms with E-state index in [4.69, 9.17) is 9.47 Å². The summed E-state index contributed by atoms with van der Waals surface area (Å²) in [5.41, 5.74) is 0. The first-order valence-electron chi connectivity index (χ1n) is 6.51. The van der Waals surface area contributed by atoms with Crippen LogP contribution in [0, 0.1) is 5.82 Å². The predicted molar refractivity (Wildman–Crippen MR) is 68.5 cm³/mol. The van der Waals surface area contributed by atoms with Crippen LogP contribution in [-0.4, -0.2) is 31.8 Å². The SMILES string of the molecule is O=C(CCOc1ccccc1F)NCC1CCCO1. The molecule has 0 saturated carbocycles. The smallest absolute Gasteiger partial charge is 0.223 e. The maximum absolute atomic E-state index is 13.2. The van der Waals surface area contributed by atoms with Crippen LogP contribution in [0.5, 0.6) is 5.75 Å². The number of para-hydroxylation sites is 1. The number of carbonyl (C=O) groups is 1. The lowest BCUT2D eigenvalue weighted by molar-refractivity contribution is -0.122. The lowest BCUT2D eigenvalue weighted by atomic mass is 10.2. The van der Waals surface area contributed by atoms with Crippen LogP contribution >= 0.6 is 0 Å². The maximum Gasteiger partial charge on any atom is 0.223 e. The van der Waals surface area contributed by atoms with Crippen molar-refractivity contribution in [3.63, 3.8) is 0 Å². The van der Waals surface area contributed by atoms with Crippen molar-refractivity contribution in [2.45, 2.75) is 25.4 Å². The lowest BCUT2D eigenvalue weighted by Gasteiger charge is -2.11. The molecule has 5 heteroatoms. The molecule has 0 aromatic heterocycles. The average Bonchev–Trinajstić information content (AvgIpc) is 2.92. The Kier molecular flexibility index (Phi) is 5.15. The monoisotopic (exact) mass is 267 g/mol. The standard InChI is InChI=1S/C14H18FNO3/c15-12-5-1-2-6-13(12)19-9-7-14(17)16-10-11-4-3-8-18-11/h1-2,5-6,11H,3-4,7-10H2,(H,16,17). The van der Waals surface area contributed by atoms with E-state index in [0.29, 0.717) is 6.54 Å². The third-order valence-electron chi connectivity index (χ3n) is 2.97. The molecule has 1 atom stereocenters. The summed E-state index contributed by atoms with van der Waals surface area (Å²) in [6, 6.07) is 6.15. The molecular formula is C14H18FNO3. The molecule has 0 radical (unpaired) electrons. The number of nitrogens with one attached hydrogen (secondary N) is 1. The topological polar surface area (TPSA) is 47.6 Å². The van der Waals surface area contributed by atoms with E-state index in [0.717, 1.165) is 19.4 Å². The van der Waals surface area contributed by atoms with Gasteiger partial charge in [0.05, 0.1) is 19.1 Å². The number of hydrogen-bond donors (Lipinski definition) is 1. The molecular weight excluding hydrogens is 249 g/mol. The third-order valence-corrected chi connectivity index (χ3v) is 2.97. The van der Waals surface area contributed by atoms with Gasteiger partial charge in [-0.2, -0.15) is 0 Å². The number of halogens is 1. The van der Waals surface area contributed by atoms with E-state index in [1.807, 2.05) is 0 Å². The summed E-state index contributed by atoms with van der Waals surface area (Å²) in [5, 5.41) is 2.79. The number of hydrogen-bond acceptors (Lipinski definition) is 3. The highest BCUT2D eigenvalue weighted by atomic mass is 19.1. The zero-order valence-corrected chi connectivity index (χ0v) is 10.7. The molecule has 1 aromatic carbocycles. The summed E-state index contributed by atoms with van der Waals surface area (Å²) >= 11 is 0. The molecule has 1 N–H and O–H groups in total. The zero-order valence-electron chi connectivity index (χ0n) is 10.7. The molecule has 0 bridgehead atoms. The van der Waals surface area contributed by atoms with Crippen LogP contribution in [0.25, 0.3) is 0 Å². The van der Waals surface area contributed by atoms with E-state index in [-0.39, 0.29) is 30.8 Å². The zero-order chi connectivity index (χ0) is 13.5. The van der Waals surface area contributed by atoms with Gasteiger partial charge in [0.2, 0.25) is 5.91 Å². The lowest BCUT2D eigenvalue weighted by Crippen LogP contribution is -2.32. The van der Waals surface area contributed by atoms with Crippen LogP contribution < -0.4 is 10.1 Å². The molecule has 1 fully saturated rings. The summed E-state index contributed by atoms with van der Waals surface area (Å²) < 4.78 is 23.8. The summed E-state index contributed by atoms with van der Waals surface area (Å²) in [6.45, 7) is 1.48. The fourth-order valence-electron chi connectivity index (χ4n) is 1.94. The highest BCUT2D eigenvalue weighted by molar-refractivity contribution is 5.76. The van der Waals surface area contributed by atoms with Gasteiger partial charge >= 0.3 is 0 Å². The van der Waals surface area contributed by atoms with Crippen molar-refractivity contribution in [2.75, 3.05) is 19.8 Å². The first-order valence-corrected chi connectivity index (χ1v) is 6.51. The Morgan fingerprint density at radius 1 is 1.47 bits per heavy atom. The minimum absolute atomic E-state index is 0.105. The van der Waals surface area contributed by atoms with Gasteiger partial charge < -0.3 is 14.8 Å². The number of carbonyl (C=O) groups excluding carboxylic acids is 1. The van der Waals surface area contributed by atoms with Gasteiger partial charge in [-0.05, 0) is 25.0 Å². The number of rotatable bonds is 6. The van der Waals surface area contributed by atoms with Crippen molar-refractivity contribution >= 4 is 5.91 Å². The van der Waals surface area contributed by atoms with Crippen LogP contribution in [0.4, 0.5) is 4.39 Å². The highest BCUT2D eigenvalue weighted by Crippen LogP contribution is 2.15. The Morgan fingerprint density at radius 2 is 2.32 bits per heavy atom. The highest BCUT2D eigenvalue weighted by Gasteiger charge is 2.16. The number of ether oxygens (including phenoxy) is 2. The second kappa shape index (κ2) is 7.09. The van der Waals surface area contributed by atoms with E-state index >= 15 is 0 Å². The minimum atomic E-state index is -0.415. The van der Waals surface area contributed by atoms with Crippen LogP contribution in [0.15, 0.2) is 24.3 Å². The Balaban J connectivity index is 1.62. The quantitative estimate of drug-likeness (QED) is 0.856. The molecule has 19 heavy (non-hydrogen) atoms. The maximum atomic E-state index is 13.2. The molecule has 1 heterocycles. The summed E-state index contributed by atoms with van der Waals surface area (Å²) in [4.78, 5) is 11.5. The van der Waals surface area contributed by atoms with E-state index in [1.165, 1.54) is 6.07 Å². The van der Waals surface area contributed by atoms with Crippen LogP contribution in [-0.2, 0) is 9.53 Å². The van der Waals surface area contributed by atoms with Gasteiger partial charge in [0.15, 0.2) is 11.6 Å². The average molecular weight is 267 g/mol. The van der Waals surface area contributed by atoms with E-state index in [1.54, 1.807) is 18.2 Å². The van der Waals surface area contributed by atoms with Crippen molar-refractivity contribution < 1.29 is 18.7 Å². The van der Waals surface area contributed by atoms with E-state index in [2.05, 4.69) is 5.32 Å². The molecule has 1 amide bonds. The summed E-state index contributed by atoms with van der Waals surface area (Å²) in [6.07, 6.45) is 2.39. The third kappa shape index (κ3) is 4.52. The van der Waals surface area contributed by atoms with Crippen LogP contribution in [0.3, 0.4) is 0 Å². The molecule has 0 aliphatic carbocycles. The molecule has 0 spiro atoms. The van der Waals surface area contributed by atoms with Gasteiger partial charge in [-0.15, -0.1) is 0 Å². The van der Waals surface area contributed by atoms with Crippen molar-refractivity contribution in [3.8, 4) is 5.75 Å². The second-order valence-electron chi connectivity index (χ2n) is 4.47. The van der Waals surface area contributed by atoms with Crippen molar-refractivity contribution in [2.24, 2.45) is 0 Å². The largest absolute Gasteiger partial charge is 0.490 e. The number of amides is 1. The van der Waals surface area contributed by atoms with Gasteiger partial charge in [0.1, 0.15) is 0 Å². The molecule has 4 nitrogen and oxygen atoms in total. The van der Waals surface area contributed by atoms with E-state index in [9.17, 15) is 9.18 Å². The Labute approximate surface area is 111 Å². The van der Waals surface area contributed by atoms with Crippen molar-refractivity contribution in [1.29, 1.82) is 0 Å². The summed E-state index contributed by atoms with van der Waals surface area (Å²) in [7, 11) is 0. The Hall–Kier alpha value is -1.62. The van der Waals surface area contributed by atoms with Crippen molar-refractivity contribution in [3.05, 3.63) is 30.1 Å². The van der Waals surface area contributed by atoms with Crippen LogP contribution in [0.1, 0.15) is 19.3 Å². The van der Waals surface area contributed by atoms with Gasteiger partial charge in [-0.3, -0.25) is 4.79 Å². The predicted octanol–water partition coefficient (Wildman–Crippen LogP) is 1.89. The Bertz CT molecular complexity index is 419. The van der Waals surface area contributed by atoms with Gasteiger partial charge in [-0.1, -0.05) is 12.1 Å². The molecule has 1 aliphatic rings.